The summed E-state index contributed by atoms with van der Waals surface area (Å²) in [6.07, 6.45) is 6.10. The third-order valence-electron chi connectivity index (χ3n) is 5.85. The molecule has 1 saturated carbocycles. The van der Waals surface area contributed by atoms with E-state index in [0.717, 1.165) is 44.7 Å². The van der Waals surface area contributed by atoms with Crippen molar-refractivity contribution in [3.63, 3.8) is 0 Å². The van der Waals surface area contributed by atoms with Crippen molar-refractivity contribution in [1.82, 2.24) is 4.90 Å². The predicted molar refractivity (Wildman–Crippen MR) is 96.7 cm³/mol. The minimum absolute atomic E-state index is 0.387. The lowest BCUT2D eigenvalue weighted by Gasteiger charge is -2.47. The van der Waals surface area contributed by atoms with Crippen molar-refractivity contribution in [2.75, 3.05) is 31.6 Å². The second-order valence-electron chi connectivity index (χ2n) is 7.53. The maximum atomic E-state index is 10.8. The molecule has 2 atom stereocenters. The highest BCUT2D eigenvalue weighted by Gasteiger charge is 2.42. The van der Waals surface area contributed by atoms with Crippen LogP contribution in [0.25, 0.3) is 0 Å². The van der Waals surface area contributed by atoms with Gasteiger partial charge in [0.05, 0.1) is 18.1 Å². The zero-order valence-corrected chi connectivity index (χ0v) is 14.7. The number of piperidine rings is 1. The largest absolute Gasteiger partial charge is 0.390 e. The van der Waals surface area contributed by atoms with E-state index in [1.54, 1.807) is 0 Å². The lowest BCUT2D eigenvalue weighted by Crippen LogP contribution is -2.52. The normalized spacial score (nSPS) is 27.3. The molecule has 1 saturated heterocycles. The average Bonchev–Trinajstić information content (AvgIpc) is 2.60. The Morgan fingerprint density at radius 1 is 1.29 bits per heavy atom. The molecule has 1 aliphatic heterocycles. The molecule has 3 rings (SSSR count). The highest BCUT2D eigenvalue weighted by atomic mass is 16.3. The number of hydrogen-bond acceptors (Lipinski definition) is 4. The molecule has 0 bridgehead atoms. The molecule has 2 unspecified atom stereocenters. The highest BCUT2D eigenvalue weighted by Crippen LogP contribution is 2.40. The van der Waals surface area contributed by atoms with Crippen molar-refractivity contribution in [2.24, 2.45) is 5.92 Å². The Hall–Kier alpha value is -1.57. The lowest BCUT2D eigenvalue weighted by molar-refractivity contribution is -0.0967. The van der Waals surface area contributed by atoms with E-state index in [0.29, 0.717) is 12.3 Å². The zero-order valence-electron chi connectivity index (χ0n) is 14.7. The van der Waals surface area contributed by atoms with Gasteiger partial charge in [0.1, 0.15) is 0 Å². The Balaban J connectivity index is 1.56. The number of likely N-dealkylation sites (tertiary alicyclic amines) is 1. The van der Waals surface area contributed by atoms with Crippen LogP contribution in [0.3, 0.4) is 0 Å². The Bertz CT molecular complexity index is 580. The van der Waals surface area contributed by atoms with Crippen LogP contribution in [0.5, 0.6) is 0 Å². The molecule has 4 heteroatoms. The first-order valence-electron chi connectivity index (χ1n) is 9.22. The number of aliphatic hydroxyl groups is 1. The molecule has 1 N–H and O–H groups in total. The summed E-state index contributed by atoms with van der Waals surface area (Å²) in [5, 5.41) is 19.5. The molecule has 1 aromatic rings. The van der Waals surface area contributed by atoms with E-state index in [9.17, 15) is 5.11 Å². The van der Waals surface area contributed by atoms with Gasteiger partial charge in [-0.05, 0) is 37.0 Å². The van der Waals surface area contributed by atoms with Gasteiger partial charge in [-0.2, -0.15) is 5.26 Å². The summed E-state index contributed by atoms with van der Waals surface area (Å²) in [6, 6.07) is 10.9. The fourth-order valence-corrected chi connectivity index (χ4v) is 4.24. The SMILES string of the molecule is CN(CCC#N)c1ccc(CN2CCC3(O)CCCCC3C2)cc1. The minimum Gasteiger partial charge on any atom is -0.390 e. The van der Waals surface area contributed by atoms with Crippen LogP contribution in [-0.4, -0.2) is 42.3 Å². The van der Waals surface area contributed by atoms with Crippen LogP contribution < -0.4 is 4.90 Å². The van der Waals surface area contributed by atoms with Gasteiger partial charge in [0.15, 0.2) is 0 Å². The van der Waals surface area contributed by atoms with Crippen LogP contribution >= 0.6 is 0 Å². The van der Waals surface area contributed by atoms with Gasteiger partial charge in [0, 0.05) is 44.8 Å². The monoisotopic (exact) mass is 327 g/mol. The molecule has 0 spiro atoms. The van der Waals surface area contributed by atoms with E-state index in [1.165, 1.54) is 24.8 Å². The standard InChI is InChI=1S/C20H29N3O/c1-22(13-4-12-21)19-8-6-17(7-9-19)15-23-14-11-20(24)10-3-2-5-18(20)16-23/h6-9,18,24H,2-5,10-11,13-16H2,1H3. The molecular weight excluding hydrogens is 298 g/mol. The van der Waals surface area contributed by atoms with Crippen LogP contribution in [0.4, 0.5) is 5.69 Å². The van der Waals surface area contributed by atoms with E-state index < -0.39 is 0 Å². The number of fused-ring (bicyclic) bond motifs is 1. The number of nitriles is 1. The molecule has 4 nitrogen and oxygen atoms in total. The third kappa shape index (κ3) is 3.91. The molecule has 2 aliphatic rings. The third-order valence-corrected chi connectivity index (χ3v) is 5.85. The average molecular weight is 327 g/mol. The molecule has 0 aromatic heterocycles. The number of hydrogen-bond donors (Lipinski definition) is 1. The van der Waals surface area contributed by atoms with Crippen LogP contribution in [0.1, 0.15) is 44.1 Å². The first-order chi connectivity index (χ1) is 11.6. The molecule has 1 aromatic carbocycles. The minimum atomic E-state index is -0.387. The van der Waals surface area contributed by atoms with Crippen molar-refractivity contribution in [3.8, 4) is 6.07 Å². The molecule has 0 amide bonds. The molecule has 0 radical (unpaired) electrons. The summed E-state index contributed by atoms with van der Waals surface area (Å²) >= 11 is 0. The van der Waals surface area contributed by atoms with Crippen molar-refractivity contribution < 1.29 is 5.11 Å². The zero-order chi connectivity index (χ0) is 17.0. The topological polar surface area (TPSA) is 50.5 Å². The maximum absolute atomic E-state index is 10.8. The Morgan fingerprint density at radius 3 is 2.83 bits per heavy atom. The van der Waals surface area contributed by atoms with Gasteiger partial charge in [-0.15, -0.1) is 0 Å². The van der Waals surface area contributed by atoms with Gasteiger partial charge < -0.3 is 10.0 Å². The van der Waals surface area contributed by atoms with E-state index >= 15 is 0 Å². The number of anilines is 1. The second kappa shape index (κ2) is 7.55. The van der Waals surface area contributed by atoms with Crippen molar-refractivity contribution in [3.05, 3.63) is 29.8 Å². The van der Waals surface area contributed by atoms with Crippen LogP contribution in [0, 0.1) is 17.2 Å². The molecule has 24 heavy (non-hydrogen) atoms. The van der Waals surface area contributed by atoms with Gasteiger partial charge in [-0.25, -0.2) is 0 Å². The van der Waals surface area contributed by atoms with Crippen LogP contribution in [0.15, 0.2) is 24.3 Å². The summed E-state index contributed by atoms with van der Waals surface area (Å²) < 4.78 is 0. The molecular formula is C20H29N3O. The fourth-order valence-electron chi connectivity index (χ4n) is 4.24. The summed E-state index contributed by atoms with van der Waals surface area (Å²) in [7, 11) is 2.03. The van der Waals surface area contributed by atoms with E-state index in [4.69, 9.17) is 5.26 Å². The summed E-state index contributed by atoms with van der Waals surface area (Å²) in [6.45, 7) is 3.76. The van der Waals surface area contributed by atoms with Crippen molar-refractivity contribution >= 4 is 5.69 Å². The molecule has 130 valence electrons. The van der Waals surface area contributed by atoms with E-state index in [1.807, 2.05) is 7.05 Å². The Morgan fingerprint density at radius 2 is 2.08 bits per heavy atom. The van der Waals surface area contributed by atoms with Gasteiger partial charge in [-0.1, -0.05) is 25.0 Å². The van der Waals surface area contributed by atoms with Gasteiger partial charge >= 0.3 is 0 Å². The van der Waals surface area contributed by atoms with Crippen molar-refractivity contribution in [1.29, 1.82) is 5.26 Å². The van der Waals surface area contributed by atoms with E-state index in [2.05, 4.69) is 40.1 Å². The maximum Gasteiger partial charge on any atom is 0.0700 e. The highest BCUT2D eigenvalue weighted by molar-refractivity contribution is 5.46. The summed E-state index contributed by atoms with van der Waals surface area (Å²) in [5.41, 5.74) is 2.10. The first-order valence-corrected chi connectivity index (χ1v) is 9.22. The number of rotatable bonds is 5. The second-order valence-corrected chi connectivity index (χ2v) is 7.53. The van der Waals surface area contributed by atoms with Gasteiger partial charge in [0.25, 0.3) is 0 Å². The lowest BCUT2D eigenvalue weighted by atomic mass is 9.71. The van der Waals surface area contributed by atoms with Gasteiger partial charge in [0.2, 0.25) is 0 Å². The first kappa shape index (κ1) is 17.3. The Kier molecular flexibility index (Phi) is 5.43. The van der Waals surface area contributed by atoms with Crippen molar-refractivity contribution in [2.45, 2.75) is 50.7 Å². The summed E-state index contributed by atoms with van der Waals surface area (Å²) in [4.78, 5) is 4.62. The fraction of sp³-hybridized carbons (Fsp3) is 0.650. The molecule has 2 fully saturated rings. The molecule has 1 heterocycles. The Labute approximate surface area is 145 Å². The van der Waals surface area contributed by atoms with Crippen LogP contribution in [-0.2, 0) is 6.54 Å². The predicted octanol–water partition coefficient (Wildman–Crippen LogP) is 3.16. The van der Waals surface area contributed by atoms with E-state index in [-0.39, 0.29) is 5.60 Å². The smallest absolute Gasteiger partial charge is 0.0700 e. The quantitative estimate of drug-likeness (QED) is 0.902. The number of nitrogens with zero attached hydrogens (tertiary/aromatic N) is 3. The molecule has 1 aliphatic carbocycles. The van der Waals surface area contributed by atoms with Gasteiger partial charge in [-0.3, -0.25) is 4.90 Å². The number of benzene rings is 1. The van der Waals surface area contributed by atoms with Crippen LogP contribution in [0.2, 0.25) is 0 Å². The summed E-state index contributed by atoms with van der Waals surface area (Å²) in [5.74, 6) is 0.455.